The fourth-order valence-corrected chi connectivity index (χ4v) is 3.24. The molecule has 0 spiro atoms. The van der Waals surface area contributed by atoms with Crippen molar-refractivity contribution < 1.29 is 4.74 Å². The van der Waals surface area contributed by atoms with Crippen LogP contribution in [0.4, 0.5) is 0 Å². The second-order valence-corrected chi connectivity index (χ2v) is 5.27. The lowest BCUT2D eigenvalue weighted by molar-refractivity contribution is 0.411. The second-order valence-electron chi connectivity index (χ2n) is 3.98. The molecule has 0 fully saturated rings. The summed E-state index contributed by atoms with van der Waals surface area (Å²) < 4.78 is 5.20. The normalized spacial score (nSPS) is 12.4. The number of aromatic nitrogens is 1. The van der Waals surface area contributed by atoms with Gasteiger partial charge < -0.3 is 10.1 Å². The number of ether oxygens (including phenoxy) is 1. The maximum absolute atomic E-state index is 6.32. The van der Waals surface area contributed by atoms with Crippen LogP contribution in [0.2, 0.25) is 5.02 Å². The SMILES string of the molecule is CNC(c1cncc(OC)c1)c1scc(C)c1Cl. The summed E-state index contributed by atoms with van der Waals surface area (Å²) in [6.07, 6.45) is 3.52. The number of rotatable bonds is 4. The van der Waals surface area contributed by atoms with Crippen molar-refractivity contribution in [3.8, 4) is 5.75 Å². The van der Waals surface area contributed by atoms with E-state index in [2.05, 4.69) is 15.7 Å². The van der Waals surface area contributed by atoms with E-state index < -0.39 is 0 Å². The van der Waals surface area contributed by atoms with Crippen LogP contribution in [0.25, 0.3) is 0 Å². The zero-order chi connectivity index (χ0) is 13.1. The van der Waals surface area contributed by atoms with Gasteiger partial charge in [0, 0.05) is 11.1 Å². The Labute approximate surface area is 116 Å². The van der Waals surface area contributed by atoms with E-state index in [1.165, 1.54) is 0 Å². The van der Waals surface area contributed by atoms with Crippen LogP contribution in [0, 0.1) is 6.92 Å². The largest absolute Gasteiger partial charge is 0.495 e. The van der Waals surface area contributed by atoms with Gasteiger partial charge in [-0.1, -0.05) is 11.6 Å². The van der Waals surface area contributed by atoms with Gasteiger partial charge in [-0.2, -0.15) is 0 Å². The molecule has 1 unspecified atom stereocenters. The predicted molar refractivity (Wildman–Crippen MR) is 75.8 cm³/mol. The first-order valence-corrected chi connectivity index (χ1v) is 6.82. The summed E-state index contributed by atoms with van der Waals surface area (Å²) in [7, 11) is 3.55. The Morgan fingerprint density at radius 1 is 1.44 bits per heavy atom. The molecule has 0 bridgehead atoms. The number of nitrogens with one attached hydrogen (secondary N) is 1. The lowest BCUT2D eigenvalue weighted by Gasteiger charge is -2.16. The Balaban J connectivity index is 2.41. The Bertz CT molecular complexity index is 542. The van der Waals surface area contributed by atoms with Crippen molar-refractivity contribution in [2.75, 3.05) is 14.2 Å². The van der Waals surface area contributed by atoms with E-state index in [-0.39, 0.29) is 6.04 Å². The van der Waals surface area contributed by atoms with Crippen LogP contribution in [0.5, 0.6) is 5.75 Å². The summed E-state index contributed by atoms with van der Waals surface area (Å²) in [5, 5.41) is 6.16. The number of halogens is 1. The fraction of sp³-hybridized carbons (Fsp3) is 0.308. The van der Waals surface area contributed by atoms with E-state index in [0.717, 1.165) is 26.8 Å². The number of hydrogen-bond donors (Lipinski definition) is 1. The van der Waals surface area contributed by atoms with E-state index in [9.17, 15) is 0 Å². The van der Waals surface area contributed by atoms with Gasteiger partial charge in [0.05, 0.1) is 24.4 Å². The van der Waals surface area contributed by atoms with Crippen LogP contribution in [0.15, 0.2) is 23.8 Å². The summed E-state index contributed by atoms with van der Waals surface area (Å²) in [5.74, 6) is 0.747. The number of methoxy groups -OCH3 is 1. The van der Waals surface area contributed by atoms with Gasteiger partial charge in [0.15, 0.2) is 0 Å². The van der Waals surface area contributed by atoms with Gasteiger partial charge in [-0.15, -0.1) is 11.3 Å². The summed E-state index contributed by atoms with van der Waals surface area (Å²) in [6, 6.07) is 2.01. The smallest absolute Gasteiger partial charge is 0.137 e. The molecule has 2 aromatic rings. The highest BCUT2D eigenvalue weighted by molar-refractivity contribution is 7.10. The van der Waals surface area contributed by atoms with Crippen LogP contribution in [0.3, 0.4) is 0 Å². The van der Waals surface area contributed by atoms with Crippen molar-refractivity contribution in [2.45, 2.75) is 13.0 Å². The summed E-state index contributed by atoms with van der Waals surface area (Å²) in [6.45, 7) is 2.01. The van der Waals surface area contributed by atoms with Crippen LogP contribution in [-0.2, 0) is 0 Å². The highest BCUT2D eigenvalue weighted by atomic mass is 35.5. The van der Waals surface area contributed by atoms with Gasteiger partial charge in [0.1, 0.15) is 5.75 Å². The predicted octanol–water partition coefficient (Wildman–Crippen LogP) is 3.42. The molecule has 2 rings (SSSR count). The molecule has 0 amide bonds. The zero-order valence-corrected chi connectivity index (χ0v) is 12.1. The number of pyridine rings is 1. The van der Waals surface area contributed by atoms with Crippen molar-refractivity contribution in [3.05, 3.63) is 44.9 Å². The van der Waals surface area contributed by atoms with Crippen molar-refractivity contribution >= 4 is 22.9 Å². The molecule has 18 heavy (non-hydrogen) atoms. The molecule has 5 heteroatoms. The molecule has 96 valence electrons. The molecule has 2 heterocycles. The molecule has 0 saturated heterocycles. The van der Waals surface area contributed by atoms with Gasteiger partial charge in [0.25, 0.3) is 0 Å². The quantitative estimate of drug-likeness (QED) is 0.933. The monoisotopic (exact) mass is 282 g/mol. The summed E-state index contributed by atoms with van der Waals surface area (Å²) in [4.78, 5) is 5.29. The first kappa shape index (κ1) is 13.3. The molecule has 2 aromatic heterocycles. The maximum Gasteiger partial charge on any atom is 0.137 e. The average Bonchev–Trinajstić information content (AvgIpc) is 2.72. The van der Waals surface area contributed by atoms with Crippen LogP contribution in [-0.4, -0.2) is 19.1 Å². The minimum absolute atomic E-state index is 0.0406. The summed E-state index contributed by atoms with van der Waals surface area (Å²) >= 11 is 7.98. The Morgan fingerprint density at radius 2 is 2.22 bits per heavy atom. The van der Waals surface area contributed by atoms with E-state index >= 15 is 0 Å². The zero-order valence-electron chi connectivity index (χ0n) is 10.5. The first-order chi connectivity index (χ1) is 8.67. The van der Waals surface area contributed by atoms with Crippen LogP contribution in [0.1, 0.15) is 22.0 Å². The topological polar surface area (TPSA) is 34.2 Å². The lowest BCUT2D eigenvalue weighted by atomic mass is 10.1. The molecule has 3 nitrogen and oxygen atoms in total. The number of hydrogen-bond acceptors (Lipinski definition) is 4. The van der Waals surface area contributed by atoms with E-state index in [1.807, 2.05) is 26.2 Å². The van der Waals surface area contributed by atoms with Crippen molar-refractivity contribution in [2.24, 2.45) is 0 Å². The minimum atomic E-state index is 0.0406. The summed E-state index contributed by atoms with van der Waals surface area (Å²) in [5.41, 5.74) is 2.15. The van der Waals surface area contributed by atoms with Gasteiger partial charge >= 0.3 is 0 Å². The highest BCUT2D eigenvalue weighted by Crippen LogP contribution is 2.35. The Kier molecular flexibility index (Phi) is 4.22. The molecular formula is C13H15ClN2OS. The van der Waals surface area contributed by atoms with Crippen molar-refractivity contribution in [1.29, 1.82) is 0 Å². The molecule has 0 aromatic carbocycles. The molecule has 0 aliphatic heterocycles. The van der Waals surface area contributed by atoms with E-state index in [4.69, 9.17) is 16.3 Å². The third-order valence-corrected chi connectivity index (χ3v) is 4.56. The molecule has 0 aliphatic carbocycles. The fourth-order valence-electron chi connectivity index (χ4n) is 1.80. The standard InChI is InChI=1S/C13H15ClN2OS/c1-8-7-18-13(11(8)14)12(15-2)9-4-10(17-3)6-16-5-9/h4-7,12,15H,1-3H3. The van der Waals surface area contributed by atoms with Gasteiger partial charge in [-0.3, -0.25) is 4.98 Å². The second kappa shape index (κ2) is 5.69. The highest BCUT2D eigenvalue weighted by Gasteiger charge is 2.19. The van der Waals surface area contributed by atoms with Crippen LogP contribution >= 0.6 is 22.9 Å². The minimum Gasteiger partial charge on any atom is -0.495 e. The third kappa shape index (κ3) is 2.51. The van der Waals surface area contributed by atoms with Crippen molar-refractivity contribution in [1.82, 2.24) is 10.3 Å². The Morgan fingerprint density at radius 3 is 2.78 bits per heavy atom. The number of thiophene rings is 1. The van der Waals surface area contributed by atoms with Crippen molar-refractivity contribution in [3.63, 3.8) is 0 Å². The lowest BCUT2D eigenvalue weighted by Crippen LogP contribution is -2.17. The number of aryl methyl sites for hydroxylation is 1. The van der Waals surface area contributed by atoms with Gasteiger partial charge in [0.2, 0.25) is 0 Å². The first-order valence-electron chi connectivity index (χ1n) is 5.57. The molecule has 1 atom stereocenters. The molecule has 0 aliphatic rings. The van der Waals surface area contributed by atoms with Gasteiger partial charge in [-0.25, -0.2) is 0 Å². The number of nitrogens with zero attached hydrogens (tertiary/aromatic N) is 1. The van der Waals surface area contributed by atoms with Gasteiger partial charge in [-0.05, 0) is 36.5 Å². The van der Waals surface area contributed by atoms with E-state index in [1.54, 1.807) is 24.6 Å². The molecular weight excluding hydrogens is 268 g/mol. The average molecular weight is 283 g/mol. The molecule has 1 N–H and O–H groups in total. The van der Waals surface area contributed by atoms with E-state index in [0.29, 0.717) is 0 Å². The van der Waals surface area contributed by atoms with Crippen LogP contribution < -0.4 is 10.1 Å². The third-order valence-electron chi connectivity index (χ3n) is 2.78. The molecule has 0 saturated carbocycles. The molecule has 0 radical (unpaired) electrons. The Hall–Kier alpha value is -1.10. The maximum atomic E-state index is 6.32.